The molecule has 0 aromatic heterocycles. The summed E-state index contributed by atoms with van der Waals surface area (Å²) in [6, 6.07) is 20.3. The third-order valence-electron chi connectivity index (χ3n) is 8.43. The molecule has 0 heterocycles. The van der Waals surface area contributed by atoms with Crippen molar-refractivity contribution in [1.29, 1.82) is 0 Å². The Morgan fingerprint density at radius 3 is 1.20 bits per heavy atom. The van der Waals surface area contributed by atoms with Crippen LogP contribution in [0.15, 0.2) is 66.7 Å². The summed E-state index contributed by atoms with van der Waals surface area (Å²) in [6.07, 6.45) is 0. The zero-order chi connectivity index (χ0) is 41.8. The minimum atomic E-state index is -0.616. The predicted octanol–water partition coefficient (Wildman–Crippen LogP) is 4.24. The SMILES string of the molecule is COCCOCCOCCOc1cc(C(=O)NNC(=O)c2c3ccccc3cc3ccccc23)cc(OCCOCCOCCOC)c1OCCOCCOCCOC. The van der Waals surface area contributed by atoms with Gasteiger partial charge in [0, 0.05) is 26.9 Å². The Kier molecular flexibility index (Phi) is 22.9. The second-order valence-electron chi connectivity index (χ2n) is 12.6. The molecule has 59 heavy (non-hydrogen) atoms. The molecule has 2 amide bonds. The molecule has 0 unspecified atom stereocenters. The van der Waals surface area contributed by atoms with Gasteiger partial charge >= 0.3 is 0 Å². The van der Waals surface area contributed by atoms with E-state index in [1.807, 2.05) is 54.6 Å². The van der Waals surface area contributed by atoms with E-state index in [0.29, 0.717) is 84.8 Å². The van der Waals surface area contributed by atoms with Crippen molar-refractivity contribution in [2.75, 3.05) is 140 Å². The van der Waals surface area contributed by atoms with E-state index in [-0.39, 0.29) is 62.5 Å². The van der Waals surface area contributed by atoms with Crippen LogP contribution in [0, 0.1) is 0 Å². The molecule has 0 saturated carbocycles. The van der Waals surface area contributed by atoms with Crippen LogP contribution in [0.3, 0.4) is 0 Å². The maximum Gasteiger partial charge on any atom is 0.270 e. The highest BCUT2D eigenvalue weighted by Gasteiger charge is 2.21. The summed E-state index contributed by atoms with van der Waals surface area (Å²) in [5.74, 6) is -0.410. The topological polar surface area (TPSA) is 169 Å². The summed E-state index contributed by atoms with van der Waals surface area (Å²) < 4.78 is 66.9. The summed E-state index contributed by atoms with van der Waals surface area (Å²) >= 11 is 0. The van der Waals surface area contributed by atoms with Crippen molar-refractivity contribution < 1.29 is 66.4 Å². The monoisotopic (exact) mass is 826 g/mol. The van der Waals surface area contributed by atoms with Gasteiger partial charge in [-0.3, -0.25) is 20.4 Å². The predicted molar refractivity (Wildman–Crippen MR) is 220 cm³/mol. The van der Waals surface area contributed by atoms with Crippen molar-refractivity contribution in [3.63, 3.8) is 0 Å². The van der Waals surface area contributed by atoms with Crippen molar-refractivity contribution in [2.24, 2.45) is 0 Å². The van der Waals surface area contributed by atoms with Crippen molar-refractivity contribution in [1.82, 2.24) is 10.9 Å². The van der Waals surface area contributed by atoms with Crippen LogP contribution in [-0.2, 0) is 42.6 Å². The molecule has 0 aliphatic heterocycles. The first kappa shape index (κ1) is 47.1. The highest BCUT2D eigenvalue weighted by molar-refractivity contribution is 6.18. The number of benzene rings is 4. The lowest BCUT2D eigenvalue weighted by atomic mass is 9.96. The molecular formula is C43H58N2O14. The van der Waals surface area contributed by atoms with E-state index in [1.165, 1.54) is 12.1 Å². The molecule has 0 radical (unpaired) electrons. The number of ether oxygens (including phenoxy) is 12. The summed E-state index contributed by atoms with van der Waals surface area (Å²) in [4.78, 5) is 27.6. The van der Waals surface area contributed by atoms with Gasteiger partial charge in [-0.25, -0.2) is 0 Å². The van der Waals surface area contributed by atoms with Gasteiger partial charge in [-0.1, -0.05) is 48.5 Å². The van der Waals surface area contributed by atoms with Crippen LogP contribution >= 0.6 is 0 Å². The van der Waals surface area contributed by atoms with Gasteiger partial charge in [-0.05, 0) is 39.7 Å². The van der Waals surface area contributed by atoms with Crippen molar-refractivity contribution in [2.45, 2.75) is 0 Å². The van der Waals surface area contributed by atoms with Crippen LogP contribution in [0.5, 0.6) is 17.2 Å². The fourth-order valence-corrected chi connectivity index (χ4v) is 5.59. The van der Waals surface area contributed by atoms with Gasteiger partial charge in [-0.2, -0.15) is 0 Å². The molecule has 0 fully saturated rings. The molecule has 2 N–H and O–H groups in total. The van der Waals surface area contributed by atoms with Gasteiger partial charge in [0.05, 0.1) is 105 Å². The molecule has 0 aliphatic carbocycles. The van der Waals surface area contributed by atoms with E-state index in [9.17, 15) is 9.59 Å². The molecule has 0 saturated heterocycles. The molecule has 0 spiro atoms. The molecule has 0 bridgehead atoms. The first-order valence-corrected chi connectivity index (χ1v) is 19.6. The number of hydrazine groups is 1. The van der Waals surface area contributed by atoms with Crippen LogP contribution in [-0.4, -0.2) is 152 Å². The molecule has 16 heteroatoms. The van der Waals surface area contributed by atoms with Crippen LogP contribution in [0.2, 0.25) is 0 Å². The molecule has 0 atom stereocenters. The van der Waals surface area contributed by atoms with E-state index in [4.69, 9.17) is 56.8 Å². The number of amides is 2. The Morgan fingerprint density at radius 2 is 0.780 bits per heavy atom. The van der Waals surface area contributed by atoms with Gasteiger partial charge < -0.3 is 56.8 Å². The zero-order valence-electron chi connectivity index (χ0n) is 34.3. The van der Waals surface area contributed by atoms with E-state index in [2.05, 4.69) is 10.9 Å². The zero-order valence-corrected chi connectivity index (χ0v) is 34.3. The Bertz CT molecular complexity index is 1710. The summed E-state index contributed by atoms with van der Waals surface area (Å²) in [5.41, 5.74) is 5.75. The average molecular weight is 827 g/mol. The minimum Gasteiger partial charge on any atom is -0.487 e. The largest absolute Gasteiger partial charge is 0.487 e. The number of carbonyl (C=O) groups excluding carboxylic acids is 2. The van der Waals surface area contributed by atoms with Gasteiger partial charge in [0.15, 0.2) is 11.5 Å². The fraction of sp³-hybridized carbons (Fsp3) is 0.488. The van der Waals surface area contributed by atoms with Crippen LogP contribution in [0.1, 0.15) is 20.7 Å². The maximum atomic E-state index is 13.8. The van der Waals surface area contributed by atoms with Crippen LogP contribution < -0.4 is 25.1 Å². The van der Waals surface area contributed by atoms with Gasteiger partial charge in [0.2, 0.25) is 5.75 Å². The Labute approximate surface area is 345 Å². The molecule has 4 aromatic rings. The lowest BCUT2D eigenvalue weighted by Crippen LogP contribution is -2.41. The van der Waals surface area contributed by atoms with Crippen molar-refractivity contribution in [3.05, 3.63) is 77.9 Å². The average Bonchev–Trinajstić information content (AvgIpc) is 3.25. The van der Waals surface area contributed by atoms with Crippen molar-refractivity contribution in [3.8, 4) is 17.2 Å². The molecular weight excluding hydrogens is 768 g/mol. The summed E-state index contributed by atoms with van der Waals surface area (Å²) in [7, 11) is 4.83. The van der Waals surface area contributed by atoms with Crippen molar-refractivity contribution >= 4 is 33.4 Å². The number of methoxy groups -OCH3 is 3. The third kappa shape index (κ3) is 16.9. The number of carbonyl (C=O) groups is 2. The fourth-order valence-electron chi connectivity index (χ4n) is 5.59. The van der Waals surface area contributed by atoms with E-state index < -0.39 is 11.8 Å². The second-order valence-corrected chi connectivity index (χ2v) is 12.6. The first-order valence-electron chi connectivity index (χ1n) is 19.6. The van der Waals surface area contributed by atoms with E-state index in [0.717, 1.165) is 21.5 Å². The first-order chi connectivity index (χ1) is 29.1. The number of hydrogen-bond acceptors (Lipinski definition) is 14. The van der Waals surface area contributed by atoms with E-state index >= 15 is 0 Å². The normalized spacial score (nSPS) is 11.2. The van der Waals surface area contributed by atoms with Gasteiger partial charge in [0.25, 0.3) is 11.8 Å². The Morgan fingerprint density at radius 1 is 0.424 bits per heavy atom. The Hall–Kier alpha value is -4.62. The molecule has 0 aliphatic rings. The Balaban J connectivity index is 1.49. The second kappa shape index (κ2) is 28.7. The molecule has 4 rings (SSSR count). The quantitative estimate of drug-likeness (QED) is 0.0408. The highest BCUT2D eigenvalue weighted by atomic mass is 16.6. The number of hydrogen-bond donors (Lipinski definition) is 2. The molecule has 16 nitrogen and oxygen atoms in total. The third-order valence-corrected chi connectivity index (χ3v) is 8.43. The lowest BCUT2D eigenvalue weighted by molar-refractivity contribution is 0.0146. The lowest BCUT2D eigenvalue weighted by Gasteiger charge is -2.19. The minimum absolute atomic E-state index is 0.116. The van der Waals surface area contributed by atoms with Crippen LogP contribution in [0.25, 0.3) is 21.5 Å². The summed E-state index contributed by atoms with van der Waals surface area (Å²) in [6.45, 7) is 6.18. The van der Waals surface area contributed by atoms with Gasteiger partial charge in [0.1, 0.15) is 19.8 Å². The molecule has 324 valence electrons. The smallest absolute Gasteiger partial charge is 0.270 e. The molecule has 4 aromatic carbocycles. The van der Waals surface area contributed by atoms with Gasteiger partial charge in [-0.15, -0.1) is 0 Å². The standard InChI is InChI=1S/C43H58N2O14/c1-48-12-15-51-18-21-54-24-27-57-38-31-35(42(46)44-45-43(47)40-36-10-6-4-8-33(36)30-34-9-5-7-11-37(34)40)32-39(58-28-25-55-22-19-52-16-13-49-2)41(38)59-29-26-56-23-20-53-17-14-50-3/h4-11,30-32H,12-29H2,1-3H3,(H,44,46)(H,45,47). The highest BCUT2D eigenvalue weighted by Crippen LogP contribution is 2.39. The van der Waals surface area contributed by atoms with Crippen LogP contribution in [0.4, 0.5) is 0 Å². The number of rotatable bonds is 32. The maximum absolute atomic E-state index is 13.8. The number of nitrogens with one attached hydrogen (secondary N) is 2. The summed E-state index contributed by atoms with van der Waals surface area (Å²) in [5, 5.41) is 3.29. The number of fused-ring (bicyclic) bond motifs is 2. The van der Waals surface area contributed by atoms with E-state index in [1.54, 1.807) is 21.3 Å².